The molecule has 0 saturated heterocycles. The minimum atomic E-state index is -0.989. The van der Waals surface area contributed by atoms with Crippen molar-refractivity contribution in [3.8, 4) is 0 Å². The van der Waals surface area contributed by atoms with Gasteiger partial charge in [0.2, 0.25) is 0 Å². The van der Waals surface area contributed by atoms with Crippen molar-refractivity contribution in [3.05, 3.63) is 72.4 Å². The van der Waals surface area contributed by atoms with Gasteiger partial charge in [-0.15, -0.1) is 0 Å². The lowest BCUT2D eigenvalue weighted by Crippen LogP contribution is -2.36. The van der Waals surface area contributed by atoms with Gasteiger partial charge in [-0.05, 0) is 6.42 Å². The molecule has 0 aliphatic heterocycles. The number of aliphatic hydroxyl groups is 1. The van der Waals surface area contributed by atoms with Gasteiger partial charge in [-0.1, -0.05) is 106 Å². The second-order valence-electron chi connectivity index (χ2n) is 7.08. The summed E-state index contributed by atoms with van der Waals surface area (Å²) in [5.74, 6) is -1.04. The molecule has 0 aromatic carbocycles. The summed E-state index contributed by atoms with van der Waals surface area (Å²) in [6, 6.07) is -0.734. The summed E-state index contributed by atoms with van der Waals surface area (Å²) in [4.78, 5) is 22.8. The third kappa shape index (κ3) is 16.2. The molecule has 0 fully saturated rings. The maximum atomic E-state index is 12.5. The maximum Gasteiger partial charge on any atom is 0.328 e. The van der Waals surface area contributed by atoms with E-state index in [2.05, 4.69) is 19.6 Å². The van der Waals surface area contributed by atoms with Crippen LogP contribution in [0.2, 0.25) is 0 Å². The number of carboxylic acid groups (broad SMARTS) is 1. The van der Waals surface area contributed by atoms with Gasteiger partial charge >= 0.3 is 5.97 Å². The Labute approximate surface area is 192 Å². The number of ketones is 1. The van der Waals surface area contributed by atoms with E-state index in [1.807, 2.05) is 0 Å². The van der Waals surface area contributed by atoms with Gasteiger partial charge in [0.05, 0.1) is 12.1 Å². The summed E-state index contributed by atoms with van der Waals surface area (Å²) < 4.78 is 0. The number of carboxylic acids is 1. The highest BCUT2D eigenvalue weighted by molar-refractivity contribution is 7.80. The zero-order valence-electron chi connectivity index (χ0n) is 18.4. The molecular formula is C25H37NO4S. The maximum absolute atomic E-state index is 12.5. The van der Waals surface area contributed by atoms with Crippen LogP contribution in [-0.4, -0.2) is 39.9 Å². The lowest BCUT2D eigenvalue weighted by atomic mass is 9.95. The summed E-state index contributed by atoms with van der Waals surface area (Å²) in [7, 11) is 0. The van der Waals surface area contributed by atoms with Crippen LogP contribution in [0.15, 0.2) is 72.4 Å². The Bertz CT molecular complexity index is 690. The quantitative estimate of drug-likeness (QED) is 0.112. The SMILES string of the molecule is CCCCCCCCC(O)C(=CC=CC=CC=CC=CC=CC(=O)O)C(=O)[C@@H](N)CS. The Hall–Kier alpha value is -2.15. The summed E-state index contributed by atoms with van der Waals surface area (Å²) in [5.41, 5.74) is 6.16. The molecule has 0 spiro atoms. The van der Waals surface area contributed by atoms with E-state index in [4.69, 9.17) is 10.8 Å². The molecule has 0 bridgehead atoms. The second kappa shape index (κ2) is 19.8. The van der Waals surface area contributed by atoms with Crippen molar-refractivity contribution in [2.75, 3.05) is 5.75 Å². The first-order valence-corrected chi connectivity index (χ1v) is 11.4. The smallest absolute Gasteiger partial charge is 0.328 e. The number of thiol groups is 1. The minimum absolute atomic E-state index is 0.226. The molecule has 0 aliphatic rings. The van der Waals surface area contributed by atoms with Crippen LogP contribution in [0.4, 0.5) is 0 Å². The largest absolute Gasteiger partial charge is 0.478 e. The Balaban J connectivity index is 4.78. The van der Waals surface area contributed by atoms with Gasteiger partial charge in [-0.2, -0.15) is 12.6 Å². The van der Waals surface area contributed by atoms with E-state index in [1.54, 1.807) is 54.7 Å². The molecule has 0 rings (SSSR count). The number of Topliss-reactive ketones (excluding diaryl/α,β-unsaturated/α-hetero) is 1. The molecule has 4 N–H and O–H groups in total. The Morgan fingerprint density at radius 2 is 1.39 bits per heavy atom. The fourth-order valence-corrected chi connectivity index (χ4v) is 2.84. The number of unbranched alkanes of at least 4 members (excludes halogenated alkanes) is 5. The van der Waals surface area contributed by atoms with Crippen LogP contribution in [-0.2, 0) is 9.59 Å². The highest BCUT2D eigenvalue weighted by Crippen LogP contribution is 2.16. The normalized spacial score (nSPS) is 15.2. The lowest BCUT2D eigenvalue weighted by molar-refractivity contribution is -0.131. The number of rotatable bonds is 17. The van der Waals surface area contributed by atoms with Crippen molar-refractivity contribution in [1.82, 2.24) is 0 Å². The van der Waals surface area contributed by atoms with Crippen LogP contribution >= 0.6 is 12.6 Å². The number of hydrogen-bond donors (Lipinski definition) is 4. The second-order valence-corrected chi connectivity index (χ2v) is 7.45. The van der Waals surface area contributed by atoms with Crippen LogP contribution in [0.5, 0.6) is 0 Å². The first-order chi connectivity index (χ1) is 14.9. The van der Waals surface area contributed by atoms with Crippen molar-refractivity contribution in [2.45, 2.75) is 64.0 Å². The molecule has 2 atom stereocenters. The van der Waals surface area contributed by atoms with Crippen molar-refractivity contribution < 1.29 is 19.8 Å². The first-order valence-electron chi connectivity index (χ1n) is 10.8. The third-order valence-electron chi connectivity index (χ3n) is 4.41. The molecule has 1 unspecified atom stereocenters. The number of aliphatic carboxylic acids is 1. The fraction of sp³-hybridized carbons (Fsp3) is 0.440. The van der Waals surface area contributed by atoms with E-state index in [9.17, 15) is 14.7 Å². The molecule has 31 heavy (non-hydrogen) atoms. The number of carbonyl (C=O) groups excluding carboxylic acids is 1. The molecular weight excluding hydrogens is 410 g/mol. The van der Waals surface area contributed by atoms with Gasteiger partial charge in [-0.25, -0.2) is 4.79 Å². The lowest BCUT2D eigenvalue weighted by Gasteiger charge is -2.16. The fourth-order valence-electron chi connectivity index (χ4n) is 2.67. The molecule has 0 aliphatic carbocycles. The van der Waals surface area contributed by atoms with E-state index in [0.29, 0.717) is 12.0 Å². The van der Waals surface area contributed by atoms with Gasteiger partial charge in [-0.3, -0.25) is 4.79 Å². The standard InChI is InChI=1S/C25H37NO4S/c1-2-3-4-5-12-15-18-23(27)21(25(30)22(26)20-31)17-14-11-9-7-6-8-10-13-16-19-24(28)29/h6-11,13-14,16-17,19,22-23,27,31H,2-5,12,15,18,20,26H2,1H3,(H,28,29)/t22-,23?/m0/s1. The first kappa shape index (κ1) is 28.9. The highest BCUT2D eigenvalue weighted by Gasteiger charge is 2.22. The zero-order valence-corrected chi connectivity index (χ0v) is 19.3. The van der Waals surface area contributed by atoms with Crippen LogP contribution in [0.25, 0.3) is 0 Å². The predicted octanol–water partition coefficient (Wildman–Crippen LogP) is 4.72. The predicted molar refractivity (Wildman–Crippen MR) is 132 cm³/mol. The van der Waals surface area contributed by atoms with E-state index >= 15 is 0 Å². The summed E-state index contributed by atoms with van der Waals surface area (Å²) in [6.07, 6.45) is 24.4. The van der Waals surface area contributed by atoms with Crippen LogP contribution < -0.4 is 5.73 Å². The zero-order chi connectivity index (χ0) is 23.3. The number of nitrogens with two attached hydrogens (primary N) is 1. The van der Waals surface area contributed by atoms with E-state index < -0.39 is 18.1 Å². The van der Waals surface area contributed by atoms with Crippen molar-refractivity contribution in [2.24, 2.45) is 5.73 Å². The topological polar surface area (TPSA) is 101 Å². The van der Waals surface area contributed by atoms with Gasteiger partial charge in [0.25, 0.3) is 0 Å². The molecule has 0 amide bonds. The van der Waals surface area contributed by atoms with Gasteiger partial charge in [0.15, 0.2) is 5.78 Å². The Kier molecular flexibility index (Phi) is 18.4. The molecule has 0 aromatic rings. The number of carbonyl (C=O) groups is 2. The molecule has 172 valence electrons. The van der Waals surface area contributed by atoms with Crippen molar-refractivity contribution in [3.63, 3.8) is 0 Å². The summed E-state index contributed by atoms with van der Waals surface area (Å²) >= 11 is 4.09. The van der Waals surface area contributed by atoms with E-state index in [0.717, 1.165) is 25.3 Å². The van der Waals surface area contributed by atoms with Gasteiger partial charge < -0.3 is 15.9 Å². The van der Waals surface area contributed by atoms with Crippen molar-refractivity contribution >= 4 is 24.4 Å². The van der Waals surface area contributed by atoms with E-state index in [-0.39, 0.29) is 11.5 Å². The average Bonchev–Trinajstić information content (AvgIpc) is 2.75. The monoisotopic (exact) mass is 447 g/mol. The van der Waals surface area contributed by atoms with Crippen LogP contribution in [0.3, 0.4) is 0 Å². The minimum Gasteiger partial charge on any atom is -0.478 e. The Morgan fingerprint density at radius 3 is 1.94 bits per heavy atom. The number of hydrogen-bond acceptors (Lipinski definition) is 5. The molecule has 0 saturated carbocycles. The highest BCUT2D eigenvalue weighted by atomic mass is 32.1. The molecule has 5 nitrogen and oxygen atoms in total. The number of allylic oxidation sites excluding steroid dienone is 10. The van der Waals surface area contributed by atoms with E-state index in [1.165, 1.54) is 25.3 Å². The molecule has 0 heterocycles. The number of aliphatic hydroxyl groups excluding tert-OH is 1. The summed E-state index contributed by atoms with van der Waals surface area (Å²) in [5, 5.41) is 19.0. The average molecular weight is 448 g/mol. The van der Waals surface area contributed by atoms with Crippen molar-refractivity contribution in [1.29, 1.82) is 0 Å². The molecule has 6 heteroatoms. The molecule has 0 aromatic heterocycles. The van der Waals surface area contributed by atoms with Crippen LogP contribution in [0.1, 0.15) is 51.9 Å². The van der Waals surface area contributed by atoms with Gasteiger partial charge in [0.1, 0.15) is 0 Å². The van der Waals surface area contributed by atoms with Gasteiger partial charge in [0, 0.05) is 17.4 Å². The third-order valence-corrected chi connectivity index (χ3v) is 4.80. The summed E-state index contributed by atoms with van der Waals surface area (Å²) in [6.45, 7) is 2.18. The Morgan fingerprint density at radius 1 is 0.871 bits per heavy atom. The van der Waals surface area contributed by atoms with Crippen LogP contribution in [0, 0.1) is 0 Å². The molecule has 0 radical (unpaired) electrons.